The van der Waals surface area contributed by atoms with E-state index >= 15 is 0 Å². The van der Waals surface area contributed by atoms with Gasteiger partial charge in [0.1, 0.15) is 0 Å². The lowest BCUT2D eigenvalue weighted by molar-refractivity contribution is -0.127. The van der Waals surface area contributed by atoms with Crippen LogP contribution in [0.4, 0.5) is 5.69 Å². The van der Waals surface area contributed by atoms with E-state index in [-0.39, 0.29) is 35.9 Å². The zero-order valence-electron chi connectivity index (χ0n) is 15.8. The molecule has 2 aliphatic heterocycles. The summed E-state index contributed by atoms with van der Waals surface area (Å²) in [5.74, 6) is -0.419. The second kappa shape index (κ2) is 7.98. The summed E-state index contributed by atoms with van der Waals surface area (Å²) in [6.07, 6.45) is 1.42. The Balaban J connectivity index is 1.54. The molecule has 27 heavy (non-hydrogen) atoms. The number of rotatable bonds is 5. The van der Waals surface area contributed by atoms with Crippen molar-refractivity contribution < 1.29 is 18.0 Å². The molecule has 7 nitrogen and oxygen atoms in total. The lowest BCUT2D eigenvalue weighted by Crippen LogP contribution is -2.48. The van der Waals surface area contributed by atoms with Gasteiger partial charge >= 0.3 is 0 Å². The van der Waals surface area contributed by atoms with Crippen LogP contribution in [-0.4, -0.2) is 56.0 Å². The molecule has 3 rings (SSSR count). The Bertz CT molecular complexity index is 799. The summed E-state index contributed by atoms with van der Waals surface area (Å²) < 4.78 is 25.3. The molecule has 1 aromatic carbocycles. The van der Waals surface area contributed by atoms with E-state index in [2.05, 4.69) is 5.32 Å². The fraction of sp³-hybridized carbons (Fsp3) is 0.579. The zero-order chi connectivity index (χ0) is 19.6. The molecule has 1 N–H and O–H groups in total. The number of hydrogen-bond donors (Lipinski definition) is 1. The molecule has 148 valence electrons. The number of sulfonamides is 1. The summed E-state index contributed by atoms with van der Waals surface area (Å²) in [4.78, 5) is 26.6. The average molecular weight is 394 g/mol. The second-order valence-corrected chi connectivity index (χ2v) is 9.58. The number of nitrogens with zero attached hydrogens (tertiary/aromatic N) is 2. The van der Waals surface area contributed by atoms with E-state index < -0.39 is 10.0 Å². The first-order chi connectivity index (χ1) is 12.8. The van der Waals surface area contributed by atoms with Crippen LogP contribution in [0.1, 0.15) is 31.7 Å². The fourth-order valence-electron chi connectivity index (χ4n) is 3.64. The second-order valence-electron chi connectivity index (χ2n) is 7.32. The molecule has 0 bridgehead atoms. The molecule has 0 aliphatic carbocycles. The van der Waals surface area contributed by atoms with Gasteiger partial charge in [-0.3, -0.25) is 9.59 Å². The monoisotopic (exact) mass is 393 g/mol. The van der Waals surface area contributed by atoms with Crippen molar-refractivity contribution in [3.63, 3.8) is 0 Å². The van der Waals surface area contributed by atoms with Crippen LogP contribution in [0.5, 0.6) is 0 Å². The van der Waals surface area contributed by atoms with Gasteiger partial charge in [-0.25, -0.2) is 12.7 Å². The molecule has 8 heteroatoms. The third-order valence-corrected chi connectivity index (χ3v) is 7.28. The van der Waals surface area contributed by atoms with Gasteiger partial charge in [-0.05, 0) is 38.8 Å². The predicted molar refractivity (Wildman–Crippen MR) is 104 cm³/mol. The SMILES string of the molecule is CCS(=O)(=O)N1CCC(NC(=O)[C@@H]2CC(=O)N(c3ccc(C)cc3)C2)CC1. The van der Waals surface area contributed by atoms with Crippen molar-refractivity contribution in [3.05, 3.63) is 29.8 Å². The van der Waals surface area contributed by atoms with Crippen LogP contribution in [0.15, 0.2) is 24.3 Å². The molecule has 0 aromatic heterocycles. The molecule has 1 atom stereocenters. The summed E-state index contributed by atoms with van der Waals surface area (Å²) in [6.45, 7) is 4.88. The van der Waals surface area contributed by atoms with Crippen LogP contribution in [-0.2, 0) is 19.6 Å². The average Bonchev–Trinajstić information content (AvgIpc) is 3.05. The molecular formula is C19H27N3O4S. The number of aryl methyl sites for hydroxylation is 1. The summed E-state index contributed by atoms with van der Waals surface area (Å²) >= 11 is 0. The molecule has 0 radical (unpaired) electrons. The Labute approximate surface area is 160 Å². The molecule has 2 saturated heterocycles. The van der Waals surface area contributed by atoms with Crippen molar-refractivity contribution >= 4 is 27.5 Å². The normalized spacial score (nSPS) is 22.2. The van der Waals surface area contributed by atoms with Gasteiger partial charge in [-0.2, -0.15) is 0 Å². The van der Waals surface area contributed by atoms with Crippen LogP contribution >= 0.6 is 0 Å². The van der Waals surface area contributed by atoms with Crippen LogP contribution in [0.2, 0.25) is 0 Å². The maximum absolute atomic E-state index is 12.6. The van der Waals surface area contributed by atoms with Crippen LogP contribution in [0.25, 0.3) is 0 Å². The Morgan fingerprint density at radius 1 is 1.19 bits per heavy atom. The molecule has 0 saturated carbocycles. The Kier molecular flexibility index (Phi) is 5.86. The van der Waals surface area contributed by atoms with E-state index in [0.717, 1.165) is 11.3 Å². The van der Waals surface area contributed by atoms with Crippen LogP contribution in [0.3, 0.4) is 0 Å². The maximum Gasteiger partial charge on any atom is 0.227 e. The zero-order valence-corrected chi connectivity index (χ0v) is 16.7. The van der Waals surface area contributed by atoms with Gasteiger partial charge in [0, 0.05) is 37.8 Å². The van der Waals surface area contributed by atoms with Gasteiger partial charge in [0.15, 0.2) is 0 Å². The molecule has 1 aromatic rings. The molecule has 0 spiro atoms. The van der Waals surface area contributed by atoms with Crippen molar-refractivity contribution in [1.82, 2.24) is 9.62 Å². The number of benzene rings is 1. The van der Waals surface area contributed by atoms with Crippen molar-refractivity contribution in [2.45, 2.75) is 39.2 Å². The van der Waals surface area contributed by atoms with E-state index in [1.807, 2.05) is 31.2 Å². The highest BCUT2D eigenvalue weighted by molar-refractivity contribution is 7.89. The molecule has 2 fully saturated rings. The number of carbonyl (C=O) groups is 2. The predicted octanol–water partition coefficient (Wildman–Crippen LogP) is 1.28. The number of nitrogens with one attached hydrogen (secondary N) is 1. The highest BCUT2D eigenvalue weighted by Crippen LogP contribution is 2.26. The van der Waals surface area contributed by atoms with Crippen molar-refractivity contribution in [3.8, 4) is 0 Å². The number of anilines is 1. The standard InChI is InChI=1S/C19H27N3O4S/c1-3-27(25,26)21-10-8-16(9-11-21)20-19(24)15-12-18(23)22(13-15)17-6-4-14(2)5-7-17/h4-7,15-16H,3,8-13H2,1-2H3,(H,20,24)/t15-/m1/s1. The number of amides is 2. The van der Waals surface area contributed by atoms with Gasteiger partial charge in [-0.1, -0.05) is 17.7 Å². The number of piperidine rings is 1. The quantitative estimate of drug-likeness (QED) is 0.816. The molecule has 2 heterocycles. The largest absolute Gasteiger partial charge is 0.353 e. The highest BCUT2D eigenvalue weighted by atomic mass is 32.2. The smallest absolute Gasteiger partial charge is 0.227 e. The topological polar surface area (TPSA) is 86.8 Å². The minimum absolute atomic E-state index is 0.0377. The molecule has 0 unspecified atom stereocenters. The maximum atomic E-state index is 12.6. The van der Waals surface area contributed by atoms with E-state index in [4.69, 9.17) is 0 Å². The highest BCUT2D eigenvalue weighted by Gasteiger charge is 2.36. The minimum Gasteiger partial charge on any atom is -0.353 e. The Morgan fingerprint density at radius 3 is 2.41 bits per heavy atom. The number of hydrogen-bond acceptors (Lipinski definition) is 4. The fourth-order valence-corrected chi connectivity index (χ4v) is 4.77. The van der Waals surface area contributed by atoms with E-state index in [1.165, 1.54) is 4.31 Å². The van der Waals surface area contributed by atoms with Crippen molar-refractivity contribution in [2.24, 2.45) is 5.92 Å². The van der Waals surface area contributed by atoms with Gasteiger partial charge in [-0.15, -0.1) is 0 Å². The first kappa shape index (κ1) is 19.8. The van der Waals surface area contributed by atoms with Crippen molar-refractivity contribution in [1.29, 1.82) is 0 Å². The third kappa shape index (κ3) is 4.50. The lowest BCUT2D eigenvalue weighted by atomic mass is 10.0. The Hall–Kier alpha value is -1.93. The molecule has 2 amide bonds. The minimum atomic E-state index is -3.17. The van der Waals surface area contributed by atoms with E-state index in [1.54, 1.807) is 11.8 Å². The summed E-state index contributed by atoms with van der Waals surface area (Å²) in [7, 11) is -3.17. The summed E-state index contributed by atoms with van der Waals surface area (Å²) in [5.41, 5.74) is 1.94. The van der Waals surface area contributed by atoms with E-state index in [9.17, 15) is 18.0 Å². The Morgan fingerprint density at radius 2 is 1.81 bits per heavy atom. The van der Waals surface area contributed by atoms with Crippen molar-refractivity contribution in [2.75, 3.05) is 30.3 Å². The summed E-state index contributed by atoms with van der Waals surface area (Å²) in [6, 6.07) is 7.67. The first-order valence-electron chi connectivity index (χ1n) is 9.45. The van der Waals surface area contributed by atoms with E-state index in [0.29, 0.717) is 32.5 Å². The van der Waals surface area contributed by atoms with Gasteiger partial charge in [0.25, 0.3) is 0 Å². The lowest BCUT2D eigenvalue weighted by Gasteiger charge is -2.31. The summed E-state index contributed by atoms with van der Waals surface area (Å²) in [5, 5.41) is 3.01. The molecule has 2 aliphatic rings. The third-order valence-electron chi connectivity index (χ3n) is 5.40. The van der Waals surface area contributed by atoms with Gasteiger partial charge in [0.05, 0.1) is 11.7 Å². The van der Waals surface area contributed by atoms with Gasteiger partial charge in [0.2, 0.25) is 21.8 Å². The number of carbonyl (C=O) groups excluding carboxylic acids is 2. The van der Waals surface area contributed by atoms with Crippen LogP contribution in [0, 0.1) is 12.8 Å². The van der Waals surface area contributed by atoms with Gasteiger partial charge < -0.3 is 10.2 Å². The van der Waals surface area contributed by atoms with Crippen LogP contribution < -0.4 is 10.2 Å². The first-order valence-corrected chi connectivity index (χ1v) is 11.1. The molecular weight excluding hydrogens is 366 g/mol.